The lowest BCUT2D eigenvalue weighted by atomic mass is 10.0. The second-order valence-corrected chi connectivity index (χ2v) is 8.07. The standard InChI is InChI=1S/C24H30N4O7/c1-14(29)21(23(33)27-19(24(34)35)12-15-5-3-2-4-6-15)28-20(31)13-26-22(32)18(25)11-16-7-9-17(30)10-8-16/h2-10,14,18-19,21,29-30H,11-13,25H2,1H3,(H,26,32)(H,27,33)(H,28,31)(H,34,35). The zero-order valence-corrected chi connectivity index (χ0v) is 19.2. The predicted octanol–water partition coefficient (Wildman–Crippen LogP) is -0.944. The van der Waals surface area contributed by atoms with Crippen LogP contribution in [-0.2, 0) is 32.0 Å². The number of carboxylic acid groups (broad SMARTS) is 1. The van der Waals surface area contributed by atoms with Crippen LogP contribution >= 0.6 is 0 Å². The summed E-state index contributed by atoms with van der Waals surface area (Å²) in [6, 6.07) is 11.1. The van der Waals surface area contributed by atoms with Crippen molar-refractivity contribution in [2.24, 2.45) is 5.73 Å². The Morgan fingerprint density at radius 3 is 2.06 bits per heavy atom. The van der Waals surface area contributed by atoms with Gasteiger partial charge in [-0.25, -0.2) is 4.79 Å². The van der Waals surface area contributed by atoms with Crippen molar-refractivity contribution in [3.63, 3.8) is 0 Å². The fourth-order valence-electron chi connectivity index (χ4n) is 3.22. The molecule has 0 aliphatic carbocycles. The zero-order chi connectivity index (χ0) is 26.0. The normalized spacial score (nSPS) is 14.1. The number of aliphatic carboxylic acids is 1. The molecule has 4 unspecified atom stereocenters. The Labute approximate surface area is 202 Å². The van der Waals surface area contributed by atoms with E-state index in [2.05, 4.69) is 16.0 Å². The Morgan fingerprint density at radius 1 is 0.886 bits per heavy atom. The summed E-state index contributed by atoms with van der Waals surface area (Å²) < 4.78 is 0. The van der Waals surface area contributed by atoms with E-state index in [1.807, 2.05) is 0 Å². The van der Waals surface area contributed by atoms with E-state index in [9.17, 15) is 34.5 Å². The zero-order valence-electron chi connectivity index (χ0n) is 19.2. The van der Waals surface area contributed by atoms with Gasteiger partial charge in [0.2, 0.25) is 17.7 Å². The van der Waals surface area contributed by atoms with Crippen LogP contribution < -0.4 is 21.7 Å². The Balaban J connectivity index is 1.89. The lowest BCUT2D eigenvalue weighted by molar-refractivity contribution is -0.142. The van der Waals surface area contributed by atoms with Crippen LogP contribution in [0.25, 0.3) is 0 Å². The first kappa shape index (κ1) is 27.3. The molecule has 0 aliphatic heterocycles. The molecule has 2 aromatic rings. The second-order valence-electron chi connectivity index (χ2n) is 8.07. The van der Waals surface area contributed by atoms with Crippen molar-refractivity contribution in [3.8, 4) is 5.75 Å². The largest absolute Gasteiger partial charge is 0.508 e. The molecule has 8 N–H and O–H groups in total. The fourth-order valence-corrected chi connectivity index (χ4v) is 3.22. The van der Waals surface area contributed by atoms with Gasteiger partial charge in [0.15, 0.2) is 0 Å². The average Bonchev–Trinajstić information content (AvgIpc) is 2.82. The highest BCUT2D eigenvalue weighted by molar-refractivity contribution is 5.93. The van der Waals surface area contributed by atoms with Crippen molar-refractivity contribution in [1.82, 2.24) is 16.0 Å². The number of hydrogen-bond donors (Lipinski definition) is 7. The van der Waals surface area contributed by atoms with Gasteiger partial charge in [-0.05, 0) is 36.6 Å². The maximum absolute atomic E-state index is 12.6. The highest BCUT2D eigenvalue weighted by Crippen LogP contribution is 2.11. The number of phenolic OH excluding ortho intramolecular Hbond substituents is 1. The third kappa shape index (κ3) is 9.07. The molecule has 4 atom stereocenters. The Bertz CT molecular complexity index is 1010. The van der Waals surface area contributed by atoms with Gasteiger partial charge >= 0.3 is 5.97 Å². The molecule has 11 heteroatoms. The van der Waals surface area contributed by atoms with E-state index >= 15 is 0 Å². The van der Waals surface area contributed by atoms with Crippen LogP contribution in [0.1, 0.15) is 18.1 Å². The molecule has 0 saturated carbocycles. The molecule has 0 heterocycles. The lowest BCUT2D eigenvalue weighted by Crippen LogP contribution is -2.57. The first-order chi connectivity index (χ1) is 16.6. The van der Waals surface area contributed by atoms with Crippen molar-refractivity contribution in [3.05, 3.63) is 65.7 Å². The number of phenols is 1. The second kappa shape index (κ2) is 13.1. The third-order valence-electron chi connectivity index (χ3n) is 5.13. The molecule has 2 rings (SSSR count). The number of hydrogen-bond acceptors (Lipinski definition) is 7. The van der Waals surface area contributed by atoms with E-state index in [1.165, 1.54) is 19.1 Å². The summed E-state index contributed by atoms with van der Waals surface area (Å²) in [5, 5.41) is 35.7. The number of carbonyl (C=O) groups excluding carboxylic acids is 3. The molecule has 2 aromatic carbocycles. The summed E-state index contributed by atoms with van der Waals surface area (Å²) in [5.41, 5.74) is 7.25. The van der Waals surface area contributed by atoms with Crippen molar-refractivity contribution in [2.75, 3.05) is 6.54 Å². The monoisotopic (exact) mass is 486 g/mol. The summed E-state index contributed by atoms with van der Waals surface area (Å²) in [5.74, 6) is -3.46. The third-order valence-corrected chi connectivity index (χ3v) is 5.13. The Kier molecular flexibility index (Phi) is 10.2. The first-order valence-electron chi connectivity index (χ1n) is 10.9. The number of nitrogens with one attached hydrogen (secondary N) is 3. The van der Waals surface area contributed by atoms with Gasteiger partial charge in [-0.1, -0.05) is 42.5 Å². The number of nitrogens with two attached hydrogens (primary N) is 1. The topological polar surface area (TPSA) is 191 Å². The van der Waals surface area contributed by atoms with E-state index in [-0.39, 0.29) is 18.6 Å². The summed E-state index contributed by atoms with van der Waals surface area (Å²) in [6.45, 7) is 0.759. The Hall–Kier alpha value is -3.96. The van der Waals surface area contributed by atoms with E-state index in [0.717, 1.165) is 0 Å². The number of aliphatic hydroxyl groups is 1. The minimum Gasteiger partial charge on any atom is -0.508 e. The van der Waals surface area contributed by atoms with Crippen LogP contribution in [0, 0.1) is 0 Å². The van der Waals surface area contributed by atoms with Crippen LogP contribution in [0.5, 0.6) is 5.75 Å². The van der Waals surface area contributed by atoms with Crippen LogP contribution in [0.2, 0.25) is 0 Å². The van der Waals surface area contributed by atoms with Crippen LogP contribution in [-0.4, -0.2) is 69.8 Å². The van der Waals surface area contributed by atoms with Gasteiger partial charge in [0.05, 0.1) is 18.7 Å². The van der Waals surface area contributed by atoms with Crippen molar-refractivity contribution in [2.45, 2.75) is 44.0 Å². The molecule has 0 aromatic heterocycles. The fraction of sp³-hybridized carbons (Fsp3) is 0.333. The number of rotatable bonds is 12. The van der Waals surface area contributed by atoms with Crippen LogP contribution in [0.4, 0.5) is 0 Å². The maximum Gasteiger partial charge on any atom is 0.326 e. The van der Waals surface area contributed by atoms with E-state index in [4.69, 9.17) is 5.73 Å². The minimum atomic E-state index is -1.44. The number of carbonyl (C=O) groups is 4. The van der Waals surface area contributed by atoms with Gasteiger partial charge in [-0.3, -0.25) is 14.4 Å². The van der Waals surface area contributed by atoms with E-state index < -0.39 is 54.5 Å². The lowest BCUT2D eigenvalue weighted by Gasteiger charge is -2.23. The summed E-state index contributed by atoms with van der Waals surface area (Å²) in [7, 11) is 0. The summed E-state index contributed by atoms with van der Waals surface area (Å²) >= 11 is 0. The maximum atomic E-state index is 12.6. The molecule has 3 amide bonds. The highest BCUT2D eigenvalue weighted by Gasteiger charge is 2.30. The van der Waals surface area contributed by atoms with E-state index in [0.29, 0.717) is 11.1 Å². The molecule has 0 saturated heterocycles. The van der Waals surface area contributed by atoms with Gasteiger partial charge in [0, 0.05) is 6.42 Å². The van der Waals surface area contributed by atoms with Crippen LogP contribution in [0.15, 0.2) is 54.6 Å². The SMILES string of the molecule is CC(O)C(NC(=O)CNC(=O)C(N)Cc1ccc(O)cc1)C(=O)NC(Cc1ccccc1)C(=O)O. The quantitative estimate of drug-likeness (QED) is 0.200. The van der Waals surface area contributed by atoms with Gasteiger partial charge in [-0.2, -0.15) is 0 Å². The molecular weight excluding hydrogens is 456 g/mol. The first-order valence-corrected chi connectivity index (χ1v) is 10.9. The molecule has 0 bridgehead atoms. The van der Waals surface area contributed by atoms with Gasteiger partial charge in [0.1, 0.15) is 17.8 Å². The van der Waals surface area contributed by atoms with Crippen LogP contribution in [0.3, 0.4) is 0 Å². The number of amides is 3. The predicted molar refractivity (Wildman–Crippen MR) is 126 cm³/mol. The number of aliphatic hydroxyl groups excluding tert-OH is 1. The van der Waals surface area contributed by atoms with Gasteiger partial charge in [-0.15, -0.1) is 0 Å². The average molecular weight is 487 g/mol. The minimum absolute atomic E-state index is 0.0113. The number of aromatic hydroxyl groups is 1. The Morgan fingerprint density at radius 2 is 1.49 bits per heavy atom. The summed E-state index contributed by atoms with van der Waals surface area (Å²) in [6.07, 6.45) is -1.15. The highest BCUT2D eigenvalue weighted by atomic mass is 16.4. The molecule has 0 radical (unpaired) electrons. The molecule has 35 heavy (non-hydrogen) atoms. The van der Waals surface area contributed by atoms with Crippen molar-refractivity contribution < 1.29 is 34.5 Å². The molecule has 0 aliphatic rings. The number of carboxylic acids is 1. The number of benzene rings is 2. The van der Waals surface area contributed by atoms with Crippen molar-refractivity contribution >= 4 is 23.7 Å². The molecular formula is C24H30N4O7. The molecule has 11 nitrogen and oxygen atoms in total. The molecule has 0 spiro atoms. The van der Waals surface area contributed by atoms with Crippen molar-refractivity contribution in [1.29, 1.82) is 0 Å². The van der Waals surface area contributed by atoms with Gasteiger partial charge < -0.3 is 37.0 Å². The molecule has 188 valence electrons. The summed E-state index contributed by atoms with van der Waals surface area (Å²) in [4.78, 5) is 48.7. The molecule has 0 fully saturated rings. The van der Waals surface area contributed by atoms with E-state index in [1.54, 1.807) is 42.5 Å². The smallest absolute Gasteiger partial charge is 0.326 e. The van der Waals surface area contributed by atoms with Gasteiger partial charge in [0.25, 0.3) is 0 Å².